The molecule has 4 heteroatoms. The molecule has 0 N–H and O–H groups in total. The summed E-state index contributed by atoms with van der Waals surface area (Å²) in [5.41, 5.74) is 1.31. The Balaban J connectivity index is 1.79. The van der Waals surface area contributed by atoms with Crippen molar-refractivity contribution in [2.24, 2.45) is 0 Å². The highest BCUT2D eigenvalue weighted by molar-refractivity contribution is 7.99. The maximum absolute atomic E-state index is 11.7. The molecular formula is C15H21NO2S. The second kappa shape index (κ2) is 6.96. The van der Waals surface area contributed by atoms with Crippen LogP contribution < -0.4 is 0 Å². The van der Waals surface area contributed by atoms with Crippen molar-refractivity contribution in [3.8, 4) is 0 Å². The smallest absolute Gasteiger partial charge is 0.319 e. The number of ether oxygens (including phenoxy) is 1. The minimum atomic E-state index is -0.0842. The third kappa shape index (κ3) is 4.25. The van der Waals surface area contributed by atoms with Crippen molar-refractivity contribution in [3.05, 3.63) is 35.9 Å². The zero-order valence-corrected chi connectivity index (χ0v) is 12.4. The van der Waals surface area contributed by atoms with Gasteiger partial charge in [-0.3, -0.25) is 9.69 Å². The van der Waals surface area contributed by atoms with Crippen LogP contribution in [0.2, 0.25) is 0 Å². The lowest BCUT2D eigenvalue weighted by atomic mass is 10.2. The van der Waals surface area contributed by atoms with Crippen LogP contribution in [0.4, 0.5) is 0 Å². The Labute approximate surface area is 119 Å². The largest absolute Gasteiger partial charge is 0.460 e. The Kier molecular flexibility index (Phi) is 5.28. The molecule has 0 radical (unpaired) electrons. The van der Waals surface area contributed by atoms with Crippen LogP contribution >= 0.6 is 11.8 Å². The molecule has 0 bridgehead atoms. The van der Waals surface area contributed by atoms with E-state index in [1.807, 2.05) is 19.2 Å². The minimum absolute atomic E-state index is 0.0609. The van der Waals surface area contributed by atoms with Crippen LogP contribution in [0.15, 0.2) is 30.3 Å². The van der Waals surface area contributed by atoms with Gasteiger partial charge in [-0.25, -0.2) is 0 Å². The number of thioether (sulfide) groups is 1. The number of esters is 1. The summed E-state index contributed by atoms with van der Waals surface area (Å²) >= 11 is 1.53. The fourth-order valence-corrected chi connectivity index (χ4v) is 2.48. The quantitative estimate of drug-likeness (QED) is 0.775. The Hall–Kier alpha value is -1.00. The predicted molar refractivity (Wildman–Crippen MR) is 79.2 cm³/mol. The van der Waals surface area contributed by atoms with Gasteiger partial charge in [0, 0.05) is 19.6 Å². The summed E-state index contributed by atoms with van der Waals surface area (Å²) in [4.78, 5) is 14.1. The average molecular weight is 279 g/mol. The van der Waals surface area contributed by atoms with E-state index in [1.165, 1.54) is 17.3 Å². The SMILES string of the molecule is CS[C@H](C)C(=O)O[C@@H]1CCN(Cc2ccccc2)C1. The number of hydrogen-bond acceptors (Lipinski definition) is 4. The topological polar surface area (TPSA) is 29.5 Å². The first-order valence-corrected chi connectivity index (χ1v) is 7.97. The normalized spacial score (nSPS) is 21.3. The van der Waals surface area contributed by atoms with Crippen LogP contribution in [0.1, 0.15) is 18.9 Å². The van der Waals surface area contributed by atoms with Crippen molar-refractivity contribution in [2.45, 2.75) is 31.2 Å². The Morgan fingerprint density at radius 1 is 1.47 bits per heavy atom. The van der Waals surface area contributed by atoms with Crippen molar-refractivity contribution in [1.29, 1.82) is 0 Å². The molecule has 19 heavy (non-hydrogen) atoms. The van der Waals surface area contributed by atoms with E-state index >= 15 is 0 Å². The van der Waals surface area contributed by atoms with Crippen molar-refractivity contribution in [1.82, 2.24) is 4.90 Å². The van der Waals surface area contributed by atoms with Gasteiger partial charge in [-0.05, 0) is 25.2 Å². The van der Waals surface area contributed by atoms with Crippen LogP contribution in [0.5, 0.6) is 0 Å². The molecule has 1 saturated heterocycles. The molecule has 0 saturated carbocycles. The number of likely N-dealkylation sites (tertiary alicyclic amines) is 1. The zero-order chi connectivity index (χ0) is 13.7. The summed E-state index contributed by atoms with van der Waals surface area (Å²) in [6, 6.07) is 10.4. The summed E-state index contributed by atoms with van der Waals surface area (Å²) in [6.45, 7) is 4.68. The Bertz CT molecular complexity index is 410. The molecular weight excluding hydrogens is 258 g/mol. The van der Waals surface area contributed by atoms with E-state index in [2.05, 4.69) is 29.2 Å². The van der Waals surface area contributed by atoms with Crippen molar-refractivity contribution >= 4 is 17.7 Å². The van der Waals surface area contributed by atoms with E-state index in [9.17, 15) is 4.79 Å². The summed E-state index contributed by atoms with van der Waals surface area (Å²) in [6.07, 6.45) is 2.94. The van der Waals surface area contributed by atoms with Crippen LogP contribution in [-0.4, -0.2) is 41.6 Å². The zero-order valence-electron chi connectivity index (χ0n) is 11.5. The third-order valence-electron chi connectivity index (χ3n) is 3.45. The van der Waals surface area contributed by atoms with Gasteiger partial charge in [-0.2, -0.15) is 11.8 Å². The second-order valence-corrected chi connectivity index (χ2v) is 6.12. The molecule has 1 aromatic rings. The fraction of sp³-hybridized carbons (Fsp3) is 0.533. The van der Waals surface area contributed by atoms with Gasteiger partial charge in [-0.15, -0.1) is 0 Å². The summed E-state index contributed by atoms with van der Waals surface area (Å²) < 4.78 is 5.53. The molecule has 0 unspecified atom stereocenters. The van der Waals surface area contributed by atoms with Gasteiger partial charge in [0.2, 0.25) is 0 Å². The molecule has 1 aliphatic rings. The first-order valence-electron chi connectivity index (χ1n) is 6.68. The van der Waals surface area contributed by atoms with Gasteiger partial charge < -0.3 is 4.74 Å². The van der Waals surface area contributed by atoms with E-state index in [1.54, 1.807) is 0 Å². The highest BCUT2D eigenvalue weighted by Crippen LogP contribution is 2.18. The molecule has 1 fully saturated rings. The average Bonchev–Trinajstić information content (AvgIpc) is 2.86. The molecule has 0 amide bonds. The Morgan fingerprint density at radius 3 is 2.89 bits per heavy atom. The Morgan fingerprint density at radius 2 is 2.21 bits per heavy atom. The first kappa shape index (κ1) is 14.4. The lowest BCUT2D eigenvalue weighted by Gasteiger charge is -2.17. The molecule has 2 rings (SSSR count). The van der Waals surface area contributed by atoms with Crippen LogP contribution in [0, 0.1) is 0 Å². The van der Waals surface area contributed by atoms with Gasteiger partial charge in [0.1, 0.15) is 6.10 Å². The summed E-state index contributed by atoms with van der Waals surface area (Å²) in [5.74, 6) is -0.0842. The van der Waals surface area contributed by atoms with Crippen LogP contribution in [0.25, 0.3) is 0 Å². The van der Waals surface area contributed by atoms with Gasteiger partial charge >= 0.3 is 5.97 Å². The highest BCUT2D eigenvalue weighted by Gasteiger charge is 2.27. The molecule has 0 spiro atoms. The monoisotopic (exact) mass is 279 g/mol. The molecule has 0 aromatic heterocycles. The standard InChI is InChI=1S/C15H21NO2S/c1-12(19-2)15(17)18-14-8-9-16(11-14)10-13-6-4-3-5-7-13/h3-7,12,14H,8-11H2,1-2H3/t12-,14-/m1/s1. The molecule has 3 nitrogen and oxygen atoms in total. The lowest BCUT2D eigenvalue weighted by molar-refractivity contribution is -0.147. The molecule has 0 aliphatic carbocycles. The van der Waals surface area contributed by atoms with E-state index < -0.39 is 0 Å². The van der Waals surface area contributed by atoms with Gasteiger partial charge in [0.05, 0.1) is 5.25 Å². The molecule has 1 heterocycles. The van der Waals surface area contributed by atoms with Gasteiger partial charge in [0.25, 0.3) is 0 Å². The predicted octanol–water partition coefficient (Wildman–Crippen LogP) is 2.56. The first-order chi connectivity index (χ1) is 9.19. The van der Waals surface area contributed by atoms with Crippen LogP contribution in [0.3, 0.4) is 0 Å². The maximum atomic E-state index is 11.7. The maximum Gasteiger partial charge on any atom is 0.319 e. The molecule has 2 atom stereocenters. The fourth-order valence-electron chi connectivity index (χ4n) is 2.23. The van der Waals surface area contributed by atoms with Gasteiger partial charge in [0.15, 0.2) is 0 Å². The van der Waals surface area contributed by atoms with Crippen LogP contribution in [-0.2, 0) is 16.1 Å². The number of carbonyl (C=O) groups is 1. The van der Waals surface area contributed by atoms with Crippen molar-refractivity contribution < 1.29 is 9.53 Å². The third-order valence-corrected chi connectivity index (χ3v) is 4.35. The molecule has 104 valence electrons. The number of rotatable bonds is 5. The number of nitrogens with zero attached hydrogens (tertiary/aromatic N) is 1. The summed E-state index contributed by atoms with van der Waals surface area (Å²) in [7, 11) is 0. The van der Waals surface area contributed by atoms with Gasteiger partial charge in [-0.1, -0.05) is 30.3 Å². The summed E-state index contributed by atoms with van der Waals surface area (Å²) in [5, 5.41) is -0.0665. The lowest BCUT2D eigenvalue weighted by Crippen LogP contribution is -2.27. The van der Waals surface area contributed by atoms with E-state index in [-0.39, 0.29) is 17.3 Å². The number of carbonyl (C=O) groups excluding carboxylic acids is 1. The molecule has 1 aliphatic heterocycles. The van der Waals surface area contributed by atoms with E-state index in [0.29, 0.717) is 0 Å². The number of hydrogen-bond donors (Lipinski definition) is 0. The van der Waals surface area contributed by atoms with E-state index in [4.69, 9.17) is 4.74 Å². The molecule has 1 aromatic carbocycles. The highest BCUT2D eigenvalue weighted by atomic mass is 32.2. The van der Waals surface area contributed by atoms with Crippen molar-refractivity contribution in [2.75, 3.05) is 19.3 Å². The second-order valence-electron chi connectivity index (χ2n) is 4.95. The number of benzene rings is 1. The van der Waals surface area contributed by atoms with Crippen molar-refractivity contribution in [3.63, 3.8) is 0 Å². The van der Waals surface area contributed by atoms with E-state index in [0.717, 1.165) is 26.1 Å². The minimum Gasteiger partial charge on any atom is -0.460 e.